The molecule has 0 spiro atoms. The van der Waals surface area contributed by atoms with E-state index in [2.05, 4.69) is 41.8 Å². The minimum absolute atomic E-state index is 0.351. The van der Waals surface area contributed by atoms with Crippen LogP contribution in [0.2, 0.25) is 0 Å². The molecule has 3 unspecified atom stereocenters. The van der Waals surface area contributed by atoms with Crippen molar-refractivity contribution in [2.45, 2.75) is 39.8 Å². The van der Waals surface area contributed by atoms with Gasteiger partial charge in [0, 0.05) is 32.2 Å². The zero-order valence-corrected chi connectivity index (χ0v) is 11.7. The Morgan fingerprint density at radius 2 is 2.39 bits per heavy atom. The molecule has 4 nitrogen and oxygen atoms in total. The van der Waals surface area contributed by atoms with E-state index in [1.165, 1.54) is 5.82 Å². The van der Waals surface area contributed by atoms with Crippen molar-refractivity contribution in [1.82, 2.24) is 14.9 Å². The number of hydrogen-bond donors (Lipinski definition) is 1. The standard InChI is InChI=1S/C14H25N3O/c1-4-15-13(12-6-9-18-10-11(12)3)14-16-7-8-17(14)5-2/h7-8,11-13,15H,4-6,9-10H2,1-3H3. The zero-order chi connectivity index (χ0) is 13.0. The smallest absolute Gasteiger partial charge is 0.126 e. The number of ether oxygens (including phenoxy) is 1. The van der Waals surface area contributed by atoms with Crippen molar-refractivity contribution in [2.75, 3.05) is 19.8 Å². The fourth-order valence-electron chi connectivity index (χ4n) is 2.91. The molecule has 2 rings (SSSR count). The van der Waals surface area contributed by atoms with Crippen LogP contribution in [0, 0.1) is 11.8 Å². The van der Waals surface area contributed by atoms with E-state index in [-0.39, 0.29) is 0 Å². The molecule has 18 heavy (non-hydrogen) atoms. The number of rotatable bonds is 5. The van der Waals surface area contributed by atoms with Gasteiger partial charge in [-0.25, -0.2) is 4.98 Å². The van der Waals surface area contributed by atoms with E-state index in [1.807, 2.05) is 6.20 Å². The second-order valence-electron chi connectivity index (χ2n) is 5.11. The molecule has 1 aliphatic heterocycles. The highest BCUT2D eigenvalue weighted by molar-refractivity contribution is 5.03. The highest BCUT2D eigenvalue weighted by atomic mass is 16.5. The molecule has 3 atom stereocenters. The van der Waals surface area contributed by atoms with Crippen molar-refractivity contribution in [3.63, 3.8) is 0 Å². The molecular formula is C14H25N3O. The van der Waals surface area contributed by atoms with Gasteiger partial charge in [-0.1, -0.05) is 13.8 Å². The number of aromatic nitrogens is 2. The van der Waals surface area contributed by atoms with E-state index >= 15 is 0 Å². The van der Waals surface area contributed by atoms with E-state index in [9.17, 15) is 0 Å². The van der Waals surface area contributed by atoms with Crippen molar-refractivity contribution in [3.05, 3.63) is 18.2 Å². The Balaban J connectivity index is 2.21. The predicted octanol–water partition coefficient (Wildman–Crippen LogP) is 2.23. The minimum Gasteiger partial charge on any atom is -0.381 e. The molecule has 2 heterocycles. The summed E-state index contributed by atoms with van der Waals surface area (Å²) in [7, 11) is 0. The third kappa shape index (κ3) is 2.75. The van der Waals surface area contributed by atoms with Gasteiger partial charge in [-0.15, -0.1) is 0 Å². The van der Waals surface area contributed by atoms with E-state index in [0.29, 0.717) is 17.9 Å². The fraction of sp³-hybridized carbons (Fsp3) is 0.786. The van der Waals surface area contributed by atoms with Crippen molar-refractivity contribution >= 4 is 0 Å². The lowest BCUT2D eigenvalue weighted by Crippen LogP contribution is -2.38. The number of nitrogens with one attached hydrogen (secondary N) is 1. The Hall–Kier alpha value is -0.870. The Labute approximate surface area is 110 Å². The fourth-order valence-corrected chi connectivity index (χ4v) is 2.91. The largest absolute Gasteiger partial charge is 0.381 e. The third-order valence-electron chi connectivity index (χ3n) is 3.93. The minimum atomic E-state index is 0.351. The summed E-state index contributed by atoms with van der Waals surface area (Å²) in [5.74, 6) is 2.38. The highest BCUT2D eigenvalue weighted by Gasteiger charge is 2.32. The lowest BCUT2D eigenvalue weighted by molar-refractivity contribution is 0.00922. The van der Waals surface area contributed by atoms with Crippen molar-refractivity contribution in [3.8, 4) is 0 Å². The summed E-state index contributed by atoms with van der Waals surface area (Å²) in [5, 5.41) is 3.62. The molecule has 1 aromatic rings. The molecule has 0 aliphatic carbocycles. The summed E-state index contributed by atoms with van der Waals surface area (Å²) in [4.78, 5) is 4.58. The zero-order valence-electron chi connectivity index (χ0n) is 11.7. The van der Waals surface area contributed by atoms with Crippen LogP contribution in [0.25, 0.3) is 0 Å². The van der Waals surface area contributed by atoms with E-state index in [1.54, 1.807) is 0 Å². The molecule has 1 N–H and O–H groups in total. The van der Waals surface area contributed by atoms with Crippen LogP contribution >= 0.6 is 0 Å². The van der Waals surface area contributed by atoms with Crippen LogP contribution in [0.3, 0.4) is 0 Å². The van der Waals surface area contributed by atoms with E-state index < -0.39 is 0 Å². The summed E-state index contributed by atoms with van der Waals surface area (Å²) in [6, 6.07) is 0.351. The van der Waals surface area contributed by atoms with Gasteiger partial charge >= 0.3 is 0 Å². The van der Waals surface area contributed by atoms with Gasteiger partial charge in [0.15, 0.2) is 0 Å². The Kier molecular flexibility index (Phi) is 4.78. The van der Waals surface area contributed by atoms with Gasteiger partial charge in [-0.3, -0.25) is 0 Å². The summed E-state index contributed by atoms with van der Waals surface area (Å²) >= 11 is 0. The molecule has 0 bridgehead atoms. The van der Waals surface area contributed by atoms with Crippen LogP contribution in [-0.2, 0) is 11.3 Å². The van der Waals surface area contributed by atoms with Crippen molar-refractivity contribution in [1.29, 1.82) is 0 Å². The van der Waals surface area contributed by atoms with Crippen molar-refractivity contribution < 1.29 is 4.74 Å². The lowest BCUT2D eigenvalue weighted by Gasteiger charge is -2.35. The summed E-state index contributed by atoms with van der Waals surface area (Å²) in [6.45, 7) is 10.3. The molecule has 0 aromatic carbocycles. The topological polar surface area (TPSA) is 39.1 Å². The molecule has 1 aromatic heterocycles. The van der Waals surface area contributed by atoms with Gasteiger partial charge in [-0.05, 0) is 31.7 Å². The maximum Gasteiger partial charge on any atom is 0.126 e. The van der Waals surface area contributed by atoms with Crippen LogP contribution in [0.4, 0.5) is 0 Å². The average Bonchev–Trinajstić information content (AvgIpc) is 2.85. The molecule has 1 aliphatic rings. The Morgan fingerprint density at radius 3 is 3.06 bits per heavy atom. The summed E-state index contributed by atoms with van der Waals surface area (Å²) < 4.78 is 7.80. The van der Waals surface area contributed by atoms with Gasteiger partial charge < -0.3 is 14.6 Å². The maximum absolute atomic E-state index is 5.56. The molecule has 4 heteroatoms. The van der Waals surface area contributed by atoms with Crippen LogP contribution in [-0.4, -0.2) is 29.3 Å². The molecule has 0 amide bonds. The molecule has 0 saturated carbocycles. The first-order valence-electron chi connectivity index (χ1n) is 7.10. The van der Waals surface area contributed by atoms with E-state index in [4.69, 9.17) is 4.74 Å². The third-order valence-corrected chi connectivity index (χ3v) is 3.93. The van der Waals surface area contributed by atoms with E-state index in [0.717, 1.165) is 32.7 Å². The van der Waals surface area contributed by atoms with Gasteiger partial charge in [0.2, 0.25) is 0 Å². The number of nitrogens with zero attached hydrogens (tertiary/aromatic N) is 2. The second-order valence-corrected chi connectivity index (χ2v) is 5.11. The predicted molar refractivity (Wildman–Crippen MR) is 72.4 cm³/mol. The molecule has 0 radical (unpaired) electrons. The summed E-state index contributed by atoms with van der Waals surface area (Å²) in [6.07, 6.45) is 5.10. The summed E-state index contributed by atoms with van der Waals surface area (Å²) in [5.41, 5.74) is 0. The average molecular weight is 251 g/mol. The van der Waals surface area contributed by atoms with Gasteiger partial charge in [0.1, 0.15) is 5.82 Å². The second kappa shape index (κ2) is 6.34. The maximum atomic E-state index is 5.56. The van der Waals surface area contributed by atoms with Gasteiger partial charge in [0.25, 0.3) is 0 Å². The number of imidazole rings is 1. The number of hydrogen-bond acceptors (Lipinski definition) is 3. The van der Waals surface area contributed by atoms with Gasteiger partial charge in [-0.2, -0.15) is 0 Å². The quantitative estimate of drug-likeness (QED) is 0.872. The number of aryl methyl sites for hydroxylation is 1. The SMILES string of the molecule is CCNC(c1nccn1CC)C1CCOCC1C. The first-order chi connectivity index (χ1) is 8.77. The van der Waals surface area contributed by atoms with Crippen molar-refractivity contribution in [2.24, 2.45) is 11.8 Å². The first kappa shape index (κ1) is 13.6. The highest BCUT2D eigenvalue weighted by Crippen LogP contribution is 2.33. The van der Waals surface area contributed by atoms with Gasteiger partial charge in [0.05, 0.1) is 6.04 Å². The Bertz CT molecular complexity index is 364. The normalized spacial score (nSPS) is 26.2. The van der Waals surface area contributed by atoms with Crippen LogP contribution in [0.5, 0.6) is 0 Å². The van der Waals surface area contributed by atoms with Crippen LogP contribution in [0.1, 0.15) is 39.1 Å². The molecule has 102 valence electrons. The monoisotopic (exact) mass is 251 g/mol. The van der Waals surface area contributed by atoms with Crippen LogP contribution < -0.4 is 5.32 Å². The first-order valence-corrected chi connectivity index (χ1v) is 7.10. The molecular weight excluding hydrogens is 226 g/mol. The molecule has 1 saturated heterocycles. The lowest BCUT2D eigenvalue weighted by atomic mass is 9.83. The molecule has 1 fully saturated rings. The Morgan fingerprint density at radius 1 is 1.56 bits per heavy atom. The van der Waals surface area contributed by atoms with Crippen LogP contribution in [0.15, 0.2) is 12.4 Å².